The van der Waals surface area contributed by atoms with Crippen LogP contribution >= 0.6 is 0 Å². The van der Waals surface area contributed by atoms with Crippen LogP contribution in [0.5, 0.6) is 5.75 Å². The van der Waals surface area contributed by atoms with E-state index < -0.39 is 10.0 Å². The normalized spacial score (nSPS) is 11.0. The zero-order valence-corrected chi connectivity index (χ0v) is 16.8. The number of anilines is 3. The minimum Gasteiger partial charge on any atom is -0.495 e. The SMILES string of the molecule is COc1ccccc1NC(=O)CCN(c1ccc(N(C)C)cc1)S(C)(=O)=O. The quantitative estimate of drug-likeness (QED) is 0.748. The Hall–Kier alpha value is -2.74. The molecule has 8 heteroatoms. The van der Waals surface area contributed by atoms with Crippen molar-refractivity contribution in [1.29, 1.82) is 0 Å². The lowest BCUT2D eigenvalue weighted by atomic mass is 10.2. The van der Waals surface area contributed by atoms with Crippen molar-refractivity contribution in [3.05, 3.63) is 48.5 Å². The molecule has 1 amide bonds. The largest absolute Gasteiger partial charge is 0.495 e. The number of nitrogens with one attached hydrogen (secondary N) is 1. The topological polar surface area (TPSA) is 79.0 Å². The summed E-state index contributed by atoms with van der Waals surface area (Å²) in [6, 6.07) is 14.2. The van der Waals surface area contributed by atoms with Gasteiger partial charge in [0, 0.05) is 32.7 Å². The average Bonchev–Trinajstić information content (AvgIpc) is 2.61. The molecule has 0 spiro atoms. The van der Waals surface area contributed by atoms with Crippen LogP contribution < -0.4 is 19.3 Å². The monoisotopic (exact) mass is 391 g/mol. The summed E-state index contributed by atoms with van der Waals surface area (Å²) in [6.07, 6.45) is 1.14. The fourth-order valence-corrected chi connectivity index (χ4v) is 3.49. The van der Waals surface area contributed by atoms with E-state index in [-0.39, 0.29) is 18.9 Å². The van der Waals surface area contributed by atoms with Gasteiger partial charge in [-0.25, -0.2) is 8.42 Å². The van der Waals surface area contributed by atoms with Crippen LogP contribution in [-0.4, -0.2) is 48.3 Å². The minimum absolute atomic E-state index is 0.0144. The molecule has 0 unspecified atom stereocenters. The molecule has 0 fully saturated rings. The number of sulfonamides is 1. The van der Waals surface area contributed by atoms with E-state index in [1.807, 2.05) is 31.1 Å². The van der Waals surface area contributed by atoms with Crippen molar-refractivity contribution < 1.29 is 17.9 Å². The van der Waals surface area contributed by atoms with E-state index in [1.165, 1.54) is 11.4 Å². The van der Waals surface area contributed by atoms with Gasteiger partial charge in [-0.2, -0.15) is 0 Å². The Morgan fingerprint density at radius 2 is 1.63 bits per heavy atom. The van der Waals surface area contributed by atoms with E-state index in [9.17, 15) is 13.2 Å². The second-order valence-electron chi connectivity index (χ2n) is 6.24. The highest BCUT2D eigenvalue weighted by atomic mass is 32.2. The lowest BCUT2D eigenvalue weighted by Crippen LogP contribution is -2.33. The van der Waals surface area contributed by atoms with E-state index in [4.69, 9.17) is 4.74 Å². The molecule has 27 heavy (non-hydrogen) atoms. The second kappa shape index (κ2) is 8.77. The third-order valence-electron chi connectivity index (χ3n) is 3.98. The van der Waals surface area contributed by atoms with Gasteiger partial charge in [0.05, 0.1) is 24.7 Å². The second-order valence-corrected chi connectivity index (χ2v) is 8.15. The highest BCUT2D eigenvalue weighted by molar-refractivity contribution is 7.92. The van der Waals surface area contributed by atoms with Gasteiger partial charge in [0.25, 0.3) is 0 Å². The van der Waals surface area contributed by atoms with Crippen LogP contribution in [0.4, 0.5) is 17.1 Å². The maximum atomic E-state index is 12.3. The molecule has 0 aliphatic carbocycles. The fraction of sp³-hybridized carbons (Fsp3) is 0.316. The summed E-state index contributed by atoms with van der Waals surface area (Å²) in [5, 5.41) is 2.75. The summed E-state index contributed by atoms with van der Waals surface area (Å²) in [6.45, 7) is 0.0428. The Morgan fingerprint density at radius 1 is 1.04 bits per heavy atom. The predicted molar refractivity (Wildman–Crippen MR) is 109 cm³/mol. The van der Waals surface area contributed by atoms with Crippen molar-refractivity contribution in [2.24, 2.45) is 0 Å². The molecule has 0 saturated carbocycles. The highest BCUT2D eigenvalue weighted by Gasteiger charge is 2.19. The van der Waals surface area contributed by atoms with E-state index >= 15 is 0 Å². The molecule has 0 bridgehead atoms. The Balaban J connectivity index is 2.09. The molecule has 0 aliphatic rings. The van der Waals surface area contributed by atoms with Crippen molar-refractivity contribution in [2.75, 3.05) is 48.5 Å². The molecule has 0 saturated heterocycles. The van der Waals surface area contributed by atoms with Crippen molar-refractivity contribution in [3.8, 4) is 5.75 Å². The van der Waals surface area contributed by atoms with Crippen LogP contribution in [0.15, 0.2) is 48.5 Å². The number of methoxy groups -OCH3 is 1. The van der Waals surface area contributed by atoms with Gasteiger partial charge in [-0.05, 0) is 36.4 Å². The Bertz CT molecular complexity index is 880. The van der Waals surface area contributed by atoms with E-state index in [1.54, 1.807) is 36.4 Å². The number of nitrogens with zero attached hydrogens (tertiary/aromatic N) is 2. The number of carbonyl (C=O) groups excluding carboxylic acids is 1. The summed E-state index contributed by atoms with van der Waals surface area (Å²) in [5.41, 5.74) is 2.03. The van der Waals surface area contributed by atoms with Crippen molar-refractivity contribution in [2.45, 2.75) is 6.42 Å². The minimum atomic E-state index is -3.52. The van der Waals surface area contributed by atoms with Gasteiger partial charge in [0.2, 0.25) is 15.9 Å². The number of rotatable bonds is 8. The summed E-state index contributed by atoms with van der Waals surface area (Å²) in [5.74, 6) is 0.253. The molecule has 2 aromatic carbocycles. The van der Waals surface area contributed by atoms with Gasteiger partial charge in [-0.15, -0.1) is 0 Å². The first kappa shape index (κ1) is 20.6. The highest BCUT2D eigenvalue weighted by Crippen LogP contribution is 2.24. The van der Waals surface area contributed by atoms with Gasteiger partial charge < -0.3 is 15.0 Å². The summed E-state index contributed by atoms with van der Waals surface area (Å²) >= 11 is 0. The van der Waals surface area contributed by atoms with E-state index in [2.05, 4.69) is 5.32 Å². The number of benzene rings is 2. The van der Waals surface area contributed by atoms with Crippen LogP contribution in [0.1, 0.15) is 6.42 Å². The summed E-state index contributed by atoms with van der Waals surface area (Å²) < 4.78 is 30.8. The molecule has 0 aromatic heterocycles. The molecular formula is C19H25N3O4S. The maximum absolute atomic E-state index is 12.3. The molecule has 146 valence electrons. The molecule has 0 aliphatic heterocycles. The number of amides is 1. The maximum Gasteiger partial charge on any atom is 0.232 e. The Labute approximate surface area is 160 Å². The van der Waals surface area contributed by atoms with Gasteiger partial charge in [0.15, 0.2) is 0 Å². The number of hydrogen-bond acceptors (Lipinski definition) is 5. The van der Waals surface area contributed by atoms with Crippen LogP contribution in [0, 0.1) is 0 Å². The zero-order valence-electron chi connectivity index (χ0n) is 16.0. The standard InChI is InChI=1S/C19H25N3O4S/c1-21(2)15-9-11-16(12-10-15)22(27(4,24)25)14-13-19(23)20-17-7-5-6-8-18(17)26-3/h5-12H,13-14H2,1-4H3,(H,20,23). The van der Waals surface area contributed by atoms with Crippen LogP contribution in [0.25, 0.3) is 0 Å². The van der Waals surface area contributed by atoms with Gasteiger partial charge in [-0.1, -0.05) is 12.1 Å². The molecular weight excluding hydrogens is 366 g/mol. The third kappa shape index (κ3) is 5.62. The molecule has 2 aromatic rings. The molecule has 7 nitrogen and oxygen atoms in total. The van der Waals surface area contributed by atoms with Gasteiger partial charge in [-0.3, -0.25) is 9.10 Å². The van der Waals surface area contributed by atoms with Crippen LogP contribution in [0.3, 0.4) is 0 Å². The first-order valence-corrected chi connectivity index (χ1v) is 10.2. The lowest BCUT2D eigenvalue weighted by Gasteiger charge is -2.23. The lowest BCUT2D eigenvalue weighted by molar-refractivity contribution is -0.116. The van der Waals surface area contributed by atoms with Gasteiger partial charge in [0.1, 0.15) is 5.75 Å². The molecule has 2 rings (SSSR count). The average molecular weight is 391 g/mol. The van der Waals surface area contributed by atoms with E-state index in [0.29, 0.717) is 17.1 Å². The smallest absolute Gasteiger partial charge is 0.232 e. The number of para-hydroxylation sites is 2. The van der Waals surface area contributed by atoms with Crippen molar-refractivity contribution in [1.82, 2.24) is 0 Å². The predicted octanol–water partition coefficient (Wildman–Crippen LogP) is 2.56. The first-order valence-electron chi connectivity index (χ1n) is 8.40. The van der Waals surface area contributed by atoms with Crippen LogP contribution in [0.2, 0.25) is 0 Å². The summed E-state index contributed by atoms with van der Waals surface area (Å²) in [4.78, 5) is 14.2. The molecule has 1 N–H and O–H groups in total. The van der Waals surface area contributed by atoms with Crippen molar-refractivity contribution >= 4 is 33.0 Å². The summed E-state index contributed by atoms with van der Waals surface area (Å²) in [7, 11) is 1.82. The Morgan fingerprint density at radius 3 is 2.19 bits per heavy atom. The van der Waals surface area contributed by atoms with E-state index in [0.717, 1.165) is 11.9 Å². The third-order valence-corrected chi connectivity index (χ3v) is 5.17. The number of carbonyl (C=O) groups is 1. The molecule has 0 heterocycles. The fourth-order valence-electron chi connectivity index (χ4n) is 2.57. The zero-order chi connectivity index (χ0) is 20.0. The van der Waals surface area contributed by atoms with Crippen LogP contribution in [-0.2, 0) is 14.8 Å². The number of ether oxygens (including phenoxy) is 1. The Kier molecular flexibility index (Phi) is 6.68. The molecule has 0 atom stereocenters. The number of hydrogen-bond donors (Lipinski definition) is 1. The van der Waals surface area contributed by atoms with Crippen molar-refractivity contribution in [3.63, 3.8) is 0 Å². The van der Waals surface area contributed by atoms with Gasteiger partial charge >= 0.3 is 0 Å². The first-order chi connectivity index (χ1) is 12.7. The molecule has 0 radical (unpaired) electrons.